The molecule has 0 spiro atoms. The number of hydrogen-bond acceptors (Lipinski definition) is 4. The number of esters is 1. The van der Waals surface area contributed by atoms with Crippen LogP contribution in [-0.2, 0) is 26.0 Å². The van der Waals surface area contributed by atoms with Crippen LogP contribution in [0.2, 0.25) is 0 Å². The van der Waals surface area contributed by atoms with Gasteiger partial charge in [0.2, 0.25) is 10.0 Å². The summed E-state index contributed by atoms with van der Waals surface area (Å²) in [5, 5.41) is 0. The Morgan fingerprint density at radius 3 is 2.46 bits per heavy atom. The molecule has 2 aliphatic heterocycles. The maximum absolute atomic E-state index is 13.3. The molecule has 0 radical (unpaired) electrons. The van der Waals surface area contributed by atoms with Gasteiger partial charge in [0.05, 0.1) is 11.4 Å². The van der Waals surface area contributed by atoms with Crippen molar-refractivity contribution in [3.8, 4) is 0 Å². The molecule has 2 fully saturated rings. The third kappa shape index (κ3) is 3.27. The molecule has 6 heteroatoms. The topological polar surface area (TPSA) is 63.7 Å². The number of ether oxygens (including phenoxy) is 1. The van der Waals surface area contributed by atoms with Crippen molar-refractivity contribution < 1.29 is 17.9 Å². The predicted octanol–water partition coefficient (Wildman–Crippen LogP) is 3.10. The van der Waals surface area contributed by atoms with Crippen molar-refractivity contribution in [2.75, 3.05) is 6.54 Å². The van der Waals surface area contributed by atoms with E-state index in [2.05, 4.69) is 6.58 Å². The minimum atomic E-state index is -3.69. The highest BCUT2D eigenvalue weighted by molar-refractivity contribution is 7.89. The average molecular weight is 397 g/mol. The van der Waals surface area contributed by atoms with Gasteiger partial charge in [-0.2, -0.15) is 4.31 Å². The summed E-state index contributed by atoms with van der Waals surface area (Å²) in [6.07, 6.45) is 0.864. The molecule has 3 atom stereocenters. The van der Waals surface area contributed by atoms with E-state index < -0.39 is 22.1 Å². The Kier molecular flexibility index (Phi) is 4.85. The lowest BCUT2D eigenvalue weighted by molar-refractivity contribution is -0.138. The first kappa shape index (κ1) is 18.9. The van der Waals surface area contributed by atoms with Gasteiger partial charge in [-0.15, -0.1) is 0 Å². The maximum atomic E-state index is 13.3. The fourth-order valence-electron chi connectivity index (χ4n) is 4.17. The lowest BCUT2D eigenvalue weighted by atomic mass is 9.89. The Morgan fingerprint density at radius 1 is 1.11 bits per heavy atom. The summed E-state index contributed by atoms with van der Waals surface area (Å²) in [6.45, 7) is 5.98. The minimum Gasteiger partial charge on any atom is -0.457 e. The molecule has 0 unspecified atom stereocenters. The van der Waals surface area contributed by atoms with Gasteiger partial charge in [0, 0.05) is 17.5 Å². The van der Waals surface area contributed by atoms with Crippen LogP contribution in [0.3, 0.4) is 0 Å². The van der Waals surface area contributed by atoms with Crippen LogP contribution in [0.5, 0.6) is 0 Å². The molecular formula is C22H23NO4S. The van der Waals surface area contributed by atoms with Gasteiger partial charge in [-0.3, -0.25) is 0 Å². The van der Waals surface area contributed by atoms with Crippen molar-refractivity contribution in [3.63, 3.8) is 0 Å². The van der Waals surface area contributed by atoms with Crippen LogP contribution in [0.15, 0.2) is 71.6 Å². The molecule has 0 aliphatic carbocycles. The van der Waals surface area contributed by atoms with Crippen LogP contribution in [0.1, 0.15) is 17.5 Å². The number of benzene rings is 2. The first-order valence-electron chi connectivity index (χ1n) is 9.40. The molecule has 4 rings (SSSR count). The van der Waals surface area contributed by atoms with Crippen molar-refractivity contribution in [2.45, 2.75) is 36.8 Å². The fraction of sp³-hybridized carbons (Fsp3) is 0.318. The van der Waals surface area contributed by atoms with Crippen LogP contribution in [0, 0.1) is 12.8 Å². The van der Waals surface area contributed by atoms with E-state index in [1.54, 1.807) is 24.3 Å². The number of fused-ring (bicyclic) bond motifs is 1. The van der Waals surface area contributed by atoms with E-state index in [-0.39, 0.29) is 23.4 Å². The first-order chi connectivity index (χ1) is 13.4. The standard InChI is InChI=1S/C22H23NO4S/c1-15-8-11-18(12-9-15)28(25,26)23-14-20-21(16(2)22(24)27-20)19(23)13-10-17-6-4-3-5-7-17/h3-9,11-12,19-21H,2,10,13-14H2,1H3/t19-,20-,21-/m0/s1. The zero-order valence-electron chi connectivity index (χ0n) is 15.7. The lowest BCUT2D eigenvalue weighted by Gasteiger charge is -2.27. The second kappa shape index (κ2) is 7.18. The summed E-state index contributed by atoms with van der Waals surface area (Å²) in [7, 11) is -3.69. The van der Waals surface area contributed by atoms with Gasteiger partial charge >= 0.3 is 5.97 Å². The SMILES string of the molecule is C=C1C(=O)O[C@H]2CN(S(=O)(=O)c3ccc(C)cc3)[C@@H](CCc3ccccc3)[C@H]12. The highest BCUT2D eigenvalue weighted by Crippen LogP contribution is 2.42. The van der Waals surface area contributed by atoms with Gasteiger partial charge in [-0.05, 0) is 37.5 Å². The molecule has 2 aliphatic rings. The Balaban J connectivity index is 1.65. The van der Waals surface area contributed by atoms with E-state index in [9.17, 15) is 13.2 Å². The molecular weight excluding hydrogens is 374 g/mol. The molecule has 0 N–H and O–H groups in total. The third-order valence-electron chi connectivity index (χ3n) is 5.67. The smallest absolute Gasteiger partial charge is 0.334 e. The number of carbonyl (C=O) groups excluding carboxylic acids is 1. The van der Waals surface area contributed by atoms with Gasteiger partial charge in [0.1, 0.15) is 6.10 Å². The van der Waals surface area contributed by atoms with Crippen LogP contribution in [-0.4, -0.2) is 37.4 Å². The van der Waals surface area contributed by atoms with E-state index in [1.165, 1.54) is 4.31 Å². The van der Waals surface area contributed by atoms with Gasteiger partial charge < -0.3 is 4.74 Å². The summed E-state index contributed by atoms with van der Waals surface area (Å²) in [5.74, 6) is -0.705. The second-order valence-electron chi connectivity index (χ2n) is 7.47. The van der Waals surface area contributed by atoms with Crippen molar-refractivity contribution in [3.05, 3.63) is 77.9 Å². The van der Waals surface area contributed by atoms with E-state index in [0.717, 1.165) is 17.5 Å². The lowest BCUT2D eigenvalue weighted by Crippen LogP contribution is -2.39. The fourth-order valence-corrected chi connectivity index (χ4v) is 5.86. The largest absolute Gasteiger partial charge is 0.457 e. The quantitative estimate of drug-likeness (QED) is 0.575. The zero-order chi connectivity index (χ0) is 19.9. The molecule has 2 aromatic rings. The zero-order valence-corrected chi connectivity index (χ0v) is 16.6. The molecule has 2 heterocycles. The number of nitrogens with zero attached hydrogens (tertiary/aromatic N) is 1. The predicted molar refractivity (Wildman–Crippen MR) is 106 cm³/mol. The Labute approximate surface area is 165 Å². The molecule has 5 nitrogen and oxygen atoms in total. The number of sulfonamides is 1. The molecule has 0 aromatic heterocycles. The van der Waals surface area contributed by atoms with Gasteiger partial charge in [-0.1, -0.05) is 54.6 Å². The first-order valence-corrected chi connectivity index (χ1v) is 10.8. The van der Waals surface area contributed by atoms with Crippen molar-refractivity contribution >= 4 is 16.0 Å². The van der Waals surface area contributed by atoms with E-state index in [0.29, 0.717) is 12.0 Å². The Bertz CT molecular complexity index is 999. The monoisotopic (exact) mass is 397 g/mol. The molecule has 28 heavy (non-hydrogen) atoms. The Morgan fingerprint density at radius 2 is 1.79 bits per heavy atom. The molecule has 0 saturated carbocycles. The van der Waals surface area contributed by atoms with E-state index >= 15 is 0 Å². The summed E-state index contributed by atoms with van der Waals surface area (Å²) in [5.41, 5.74) is 2.51. The summed E-state index contributed by atoms with van der Waals surface area (Å²) in [4.78, 5) is 12.2. The Hall–Kier alpha value is -2.44. The molecule has 2 saturated heterocycles. The highest BCUT2D eigenvalue weighted by atomic mass is 32.2. The summed E-state index contributed by atoms with van der Waals surface area (Å²) >= 11 is 0. The van der Waals surface area contributed by atoms with E-state index in [1.807, 2.05) is 37.3 Å². The van der Waals surface area contributed by atoms with Crippen LogP contribution in [0.25, 0.3) is 0 Å². The van der Waals surface area contributed by atoms with Crippen molar-refractivity contribution in [1.29, 1.82) is 0 Å². The number of hydrogen-bond donors (Lipinski definition) is 0. The van der Waals surface area contributed by atoms with Crippen molar-refractivity contribution in [2.24, 2.45) is 5.92 Å². The van der Waals surface area contributed by atoms with E-state index in [4.69, 9.17) is 4.74 Å². The number of carbonyl (C=O) groups is 1. The highest BCUT2D eigenvalue weighted by Gasteiger charge is 2.54. The second-order valence-corrected chi connectivity index (χ2v) is 9.36. The molecule has 146 valence electrons. The summed E-state index contributed by atoms with van der Waals surface area (Å²) < 4.78 is 33.6. The van der Waals surface area contributed by atoms with Crippen LogP contribution < -0.4 is 0 Å². The average Bonchev–Trinajstić information content (AvgIpc) is 3.18. The third-order valence-corrected chi connectivity index (χ3v) is 7.57. The number of rotatable bonds is 5. The van der Waals surface area contributed by atoms with Gasteiger partial charge in [0.15, 0.2) is 0 Å². The van der Waals surface area contributed by atoms with Gasteiger partial charge in [0.25, 0.3) is 0 Å². The number of aryl methyl sites for hydroxylation is 2. The maximum Gasteiger partial charge on any atom is 0.334 e. The van der Waals surface area contributed by atoms with Crippen molar-refractivity contribution in [1.82, 2.24) is 4.31 Å². The van der Waals surface area contributed by atoms with Crippen LogP contribution in [0.4, 0.5) is 0 Å². The molecule has 0 bridgehead atoms. The molecule has 0 amide bonds. The molecule has 2 aromatic carbocycles. The summed E-state index contributed by atoms with van der Waals surface area (Å²) in [6, 6.07) is 16.4. The van der Waals surface area contributed by atoms with Gasteiger partial charge in [-0.25, -0.2) is 13.2 Å². The minimum absolute atomic E-state index is 0.172. The van der Waals surface area contributed by atoms with Crippen LogP contribution >= 0.6 is 0 Å². The normalized spacial score (nSPS) is 25.0.